The summed E-state index contributed by atoms with van der Waals surface area (Å²) in [6.45, 7) is 3.68. The molecule has 2 fully saturated rings. The minimum Gasteiger partial charge on any atom is -0.369 e. The van der Waals surface area contributed by atoms with Crippen molar-refractivity contribution in [2.75, 3.05) is 41.7 Å². The van der Waals surface area contributed by atoms with Gasteiger partial charge in [0.2, 0.25) is 5.91 Å². The van der Waals surface area contributed by atoms with E-state index in [9.17, 15) is 9.59 Å². The summed E-state index contributed by atoms with van der Waals surface area (Å²) in [5, 5.41) is 4.03. The van der Waals surface area contributed by atoms with Gasteiger partial charge in [0, 0.05) is 31.9 Å². The summed E-state index contributed by atoms with van der Waals surface area (Å²) in [6, 6.07) is 12.8. The molecule has 2 amide bonds. The summed E-state index contributed by atoms with van der Waals surface area (Å²) in [6.07, 6.45) is 1.88. The zero-order valence-corrected chi connectivity index (χ0v) is 17.9. The minimum absolute atomic E-state index is 0.188. The van der Waals surface area contributed by atoms with E-state index < -0.39 is 0 Å². The average Bonchev–Trinajstić information content (AvgIpc) is 2.74. The Balaban J connectivity index is 1.67. The molecule has 0 saturated carbocycles. The van der Waals surface area contributed by atoms with Crippen LogP contribution in [-0.2, 0) is 9.59 Å². The molecule has 2 aliphatic rings. The lowest BCUT2D eigenvalue weighted by Gasteiger charge is -2.31. The third kappa shape index (κ3) is 4.31. The summed E-state index contributed by atoms with van der Waals surface area (Å²) >= 11 is 13.3. The van der Waals surface area contributed by atoms with Crippen LogP contribution in [0.5, 0.6) is 0 Å². The van der Waals surface area contributed by atoms with Gasteiger partial charge in [-0.1, -0.05) is 41.4 Å². The number of carbonyl (C=O) groups is 2. The maximum atomic E-state index is 13.1. The van der Waals surface area contributed by atoms with E-state index in [4.69, 9.17) is 23.2 Å². The van der Waals surface area contributed by atoms with Crippen molar-refractivity contribution in [3.8, 4) is 0 Å². The van der Waals surface area contributed by atoms with Gasteiger partial charge in [0.1, 0.15) is 0 Å². The van der Waals surface area contributed by atoms with Gasteiger partial charge in [0.25, 0.3) is 5.91 Å². The van der Waals surface area contributed by atoms with Gasteiger partial charge in [0.15, 0.2) is 0 Å². The molecular weight excluding hydrogens is 429 g/mol. The lowest BCUT2D eigenvalue weighted by atomic mass is 10.1. The molecule has 0 spiro atoms. The van der Waals surface area contributed by atoms with Gasteiger partial charge in [-0.3, -0.25) is 9.59 Å². The molecule has 8 heteroatoms. The summed E-state index contributed by atoms with van der Waals surface area (Å²) in [7, 11) is 0. The van der Waals surface area contributed by atoms with Crippen LogP contribution in [0.4, 0.5) is 11.4 Å². The first-order valence-electron chi connectivity index (χ1n) is 9.26. The van der Waals surface area contributed by atoms with Crippen molar-refractivity contribution in [2.45, 2.75) is 0 Å². The number of thioether (sulfide) groups is 1. The molecule has 2 saturated heterocycles. The quantitative estimate of drug-likeness (QED) is 0.567. The predicted molar refractivity (Wildman–Crippen MR) is 121 cm³/mol. The van der Waals surface area contributed by atoms with Gasteiger partial charge in [0.05, 0.1) is 26.4 Å². The summed E-state index contributed by atoms with van der Waals surface area (Å²) in [4.78, 5) is 29.6. The number of carbonyl (C=O) groups excluding carboxylic acids is 2. The Morgan fingerprint density at radius 3 is 2.52 bits per heavy atom. The fourth-order valence-corrected chi connectivity index (χ4v) is 4.55. The van der Waals surface area contributed by atoms with E-state index in [1.807, 2.05) is 24.3 Å². The SMILES string of the molecule is O=C1CS/C(=C\c2ccccc2N2CCNCC2)C(=O)N1c1ccc(Cl)c(Cl)c1. The second kappa shape index (κ2) is 8.79. The van der Waals surface area contributed by atoms with Crippen molar-refractivity contribution in [3.05, 3.63) is 63.0 Å². The van der Waals surface area contributed by atoms with Crippen LogP contribution in [0.3, 0.4) is 0 Å². The second-order valence-electron chi connectivity index (χ2n) is 6.73. The lowest BCUT2D eigenvalue weighted by molar-refractivity contribution is -0.123. The first-order valence-corrected chi connectivity index (χ1v) is 11.0. The van der Waals surface area contributed by atoms with Gasteiger partial charge < -0.3 is 10.2 Å². The zero-order valence-electron chi connectivity index (χ0n) is 15.5. The number of hydrogen-bond donors (Lipinski definition) is 1. The van der Waals surface area contributed by atoms with Gasteiger partial charge in [-0.25, -0.2) is 4.90 Å². The van der Waals surface area contributed by atoms with Crippen LogP contribution < -0.4 is 15.1 Å². The molecule has 150 valence electrons. The molecule has 2 heterocycles. The molecule has 0 aliphatic carbocycles. The van der Waals surface area contributed by atoms with Crippen molar-refractivity contribution < 1.29 is 9.59 Å². The minimum atomic E-state index is -0.347. The first-order chi connectivity index (χ1) is 14.0. The number of para-hydroxylation sites is 1. The highest BCUT2D eigenvalue weighted by atomic mass is 35.5. The molecule has 1 N–H and O–H groups in total. The number of anilines is 2. The number of benzene rings is 2. The first kappa shape index (κ1) is 20.3. The molecule has 4 rings (SSSR count). The van der Waals surface area contributed by atoms with E-state index in [1.165, 1.54) is 16.7 Å². The van der Waals surface area contributed by atoms with Crippen molar-refractivity contribution >= 4 is 64.2 Å². The fraction of sp³-hybridized carbons (Fsp3) is 0.238. The number of piperazine rings is 1. The Labute approximate surface area is 183 Å². The Hall–Kier alpha value is -1.99. The molecular formula is C21H19Cl2N3O2S. The van der Waals surface area contributed by atoms with Crippen molar-refractivity contribution in [1.82, 2.24) is 5.32 Å². The maximum absolute atomic E-state index is 13.1. The largest absolute Gasteiger partial charge is 0.369 e. The van der Waals surface area contributed by atoms with Crippen LogP contribution >= 0.6 is 35.0 Å². The van der Waals surface area contributed by atoms with E-state index in [0.29, 0.717) is 20.6 Å². The van der Waals surface area contributed by atoms with E-state index in [-0.39, 0.29) is 17.6 Å². The van der Waals surface area contributed by atoms with Crippen LogP contribution in [0, 0.1) is 0 Å². The number of hydrogen-bond acceptors (Lipinski definition) is 5. The number of halogens is 2. The fourth-order valence-electron chi connectivity index (χ4n) is 3.42. The highest BCUT2D eigenvalue weighted by molar-refractivity contribution is 8.05. The number of nitrogens with one attached hydrogen (secondary N) is 1. The Kier molecular flexibility index (Phi) is 6.15. The monoisotopic (exact) mass is 447 g/mol. The van der Waals surface area contributed by atoms with Gasteiger partial charge in [-0.15, -0.1) is 11.8 Å². The van der Waals surface area contributed by atoms with Crippen LogP contribution in [0.15, 0.2) is 47.4 Å². The van der Waals surface area contributed by atoms with Crippen molar-refractivity contribution in [3.63, 3.8) is 0 Å². The molecule has 0 bridgehead atoms. The van der Waals surface area contributed by atoms with Gasteiger partial charge in [-0.2, -0.15) is 0 Å². The van der Waals surface area contributed by atoms with Crippen LogP contribution in [0.1, 0.15) is 5.56 Å². The molecule has 29 heavy (non-hydrogen) atoms. The maximum Gasteiger partial charge on any atom is 0.271 e. The van der Waals surface area contributed by atoms with E-state index in [1.54, 1.807) is 18.2 Å². The molecule has 0 unspecified atom stereocenters. The highest BCUT2D eigenvalue weighted by Gasteiger charge is 2.32. The van der Waals surface area contributed by atoms with E-state index in [0.717, 1.165) is 37.4 Å². The zero-order chi connectivity index (χ0) is 20.4. The lowest BCUT2D eigenvalue weighted by Crippen LogP contribution is -2.44. The van der Waals surface area contributed by atoms with E-state index in [2.05, 4.69) is 16.3 Å². The third-order valence-corrected chi connectivity index (χ3v) is 6.59. The smallest absolute Gasteiger partial charge is 0.271 e. The number of nitrogens with zero attached hydrogens (tertiary/aromatic N) is 2. The Morgan fingerprint density at radius 1 is 1.00 bits per heavy atom. The number of imide groups is 1. The van der Waals surface area contributed by atoms with E-state index >= 15 is 0 Å². The third-order valence-electron chi connectivity index (χ3n) is 4.86. The number of rotatable bonds is 3. The molecule has 0 aromatic heterocycles. The molecule has 2 aromatic carbocycles. The van der Waals surface area contributed by atoms with Crippen molar-refractivity contribution in [1.29, 1.82) is 0 Å². The normalized spacial score (nSPS) is 19.2. The molecule has 5 nitrogen and oxygen atoms in total. The second-order valence-corrected chi connectivity index (χ2v) is 8.56. The number of amides is 2. The molecule has 0 radical (unpaired) electrons. The molecule has 2 aliphatic heterocycles. The molecule has 2 aromatic rings. The summed E-state index contributed by atoms with van der Waals surface area (Å²) in [5.74, 6) is -0.432. The average molecular weight is 448 g/mol. The van der Waals surface area contributed by atoms with Crippen LogP contribution in [0.25, 0.3) is 6.08 Å². The summed E-state index contributed by atoms with van der Waals surface area (Å²) in [5.41, 5.74) is 2.48. The highest BCUT2D eigenvalue weighted by Crippen LogP contribution is 2.34. The topological polar surface area (TPSA) is 52.7 Å². The van der Waals surface area contributed by atoms with Crippen LogP contribution in [0.2, 0.25) is 10.0 Å². The molecule has 0 atom stereocenters. The van der Waals surface area contributed by atoms with Gasteiger partial charge in [-0.05, 0) is 35.9 Å². The Bertz CT molecular complexity index is 990. The standard InChI is InChI=1S/C21H19Cl2N3O2S/c22-16-6-5-15(12-17(16)23)26-20(27)13-29-19(21(26)28)11-14-3-1-2-4-18(14)25-9-7-24-8-10-25/h1-6,11-12,24H,7-10,13H2/b19-11-. The summed E-state index contributed by atoms with van der Waals surface area (Å²) < 4.78 is 0. The van der Waals surface area contributed by atoms with Gasteiger partial charge >= 0.3 is 0 Å². The Morgan fingerprint density at radius 2 is 1.76 bits per heavy atom. The predicted octanol–water partition coefficient (Wildman–Crippen LogP) is 4.05. The van der Waals surface area contributed by atoms with Crippen LogP contribution in [-0.4, -0.2) is 43.7 Å². The van der Waals surface area contributed by atoms with Crippen molar-refractivity contribution in [2.24, 2.45) is 0 Å².